The van der Waals surface area contributed by atoms with Crippen LogP contribution in [0.1, 0.15) is 11.1 Å². The van der Waals surface area contributed by atoms with Gasteiger partial charge in [0.2, 0.25) is 0 Å². The van der Waals surface area contributed by atoms with Gasteiger partial charge in [0, 0.05) is 26.2 Å². The first-order chi connectivity index (χ1) is 8.40. The smallest absolute Gasteiger partial charge is 0.0574 e. The van der Waals surface area contributed by atoms with E-state index in [1.807, 2.05) is 0 Å². The van der Waals surface area contributed by atoms with E-state index in [0.717, 1.165) is 26.2 Å². The lowest BCUT2D eigenvalue weighted by Crippen LogP contribution is -2.34. The summed E-state index contributed by atoms with van der Waals surface area (Å²) in [5, 5.41) is 3.25. The van der Waals surface area contributed by atoms with E-state index in [2.05, 4.69) is 40.4 Å². The van der Waals surface area contributed by atoms with Crippen LogP contribution >= 0.6 is 0 Å². The van der Waals surface area contributed by atoms with Gasteiger partial charge in [-0.05, 0) is 24.0 Å². The van der Waals surface area contributed by atoms with Gasteiger partial charge in [-0.25, -0.2) is 0 Å². The van der Waals surface area contributed by atoms with Gasteiger partial charge in [0.1, 0.15) is 0 Å². The largest absolute Gasteiger partial charge is 0.305 e. The summed E-state index contributed by atoms with van der Waals surface area (Å²) in [5.74, 6) is 2.60. The monoisotopic (exact) mass is 228 g/mol. The average molecular weight is 228 g/mol. The van der Waals surface area contributed by atoms with Gasteiger partial charge in [-0.15, -0.1) is 6.42 Å². The lowest BCUT2D eigenvalue weighted by Gasteiger charge is -2.19. The number of nitrogens with zero attached hydrogens (tertiary/aromatic N) is 1. The number of hydrogen-bond donors (Lipinski definition) is 1. The first-order valence-electron chi connectivity index (χ1n) is 6.33. The van der Waals surface area contributed by atoms with Gasteiger partial charge in [0.15, 0.2) is 0 Å². The molecule has 0 spiro atoms. The van der Waals surface area contributed by atoms with Crippen LogP contribution in [0.3, 0.4) is 0 Å². The number of nitrogens with one attached hydrogen (secondary N) is 1. The lowest BCUT2D eigenvalue weighted by atomic mass is 10.0. The number of terminal acetylenes is 1. The highest BCUT2D eigenvalue weighted by Gasteiger charge is 2.12. The molecular formula is C15H20N2. The van der Waals surface area contributed by atoms with Crippen LogP contribution in [0, 0.1) is 12.3 Å². The third kappa shape index (κ3) is 3.59. The maximum atomic E-state index is 5.20. The average Bonchev–Trinajstić information content (AvgIpc) is 2.58. The highest BCUT2D eigenvalue weighted by atomic mass is 15.1. The minimum atomic E-state index is 0.675. The van der Waals surface area contributed by atoms with Crippen LogP contribution in [0.15, 0.2) is 24.3 Å². The van der Waals surface area contributed by atoms with Crippen molar-refractivity contribution in [3.05, 3.63) is 35.4 Å². The molecule has 1 heterocycles. The minimum Gasteiger partial charge on any atom is -0.305 e. The fourth-order valence-corrected chi connectivity index (χ4v) is 2.34. The molecule has 1 aromatic rings. The molecule has 2 heteroatoms. The van der Waals surface area contributed by atoms with Crippen LogP contribution in [0.25, 0.3) is 0 Å². The molecule has 0 radical (unpaired) electrons. The van der Waals surface area contributed by atoms with Crippen molar-refractivity contribution in [3.63, 3.8) is 0 Å². The van der Waals surface area contributed by atoms with Crippen molar-refractivity contribution in [2.24, 2.45) is 0 Å². The summed E-state index contributed by atoms with van der Waals surface area (Å²) in [5.41, 5.74) is 3.04. The second kappa shape index (κ2) is 6.44. The summed E-state index contributed by atoms with van der Waals surface area (Å²) in [7, 11) is 0. The number of fused-ring (bicyclic) bond motifs is 1. The van der Waals surface area contributed by atoms with Crippen molar-refractivity contribution < 1.29 is 0 Å². The second-order valence-electron chi connectivity index (χ2n) is 4.49. The first kappa shape index (κ1) is 12.2. The Morgan fingerprint density at radius 2 is 1.82 bits per heavy atom. The predicted octanol–water partition coefficient (Wildman–Crippen LogP) is 1.31. The Morgan fingerprint density at radius 3 is 2.41 bits per heavy atom. The SMILES string of the molecule is C#CCNCCN1CCc2ccccc2CC1. The summed E-state index contributed by atoms with van der Waals surface area (Å²) in [6.07, 6.45) is 7.55. The third-order valence-electron chi connectivity index (χ3n) is 3.34. The lowest BCUT2D eigenvalue weighted by molar-refractivity contribution is 0.288. The van der Waals surface area contributed by atoms with Crippen molar-refractivity contribution in [1.82, 2.24) is 10.2 Å². The molecule has 1 aliphatic rings. The van der Waals surface area contributed by atoms with E-state index in [9.17, 15) is 0 Å². The normalized spacial score (nSPS) is 15.9. The Bertz CT molecular complexity index is 365. The summed E-state index contributed by atoms with van der Waals surface area (Å²) in [4.78, 5) is 2.52. The first-order valence-corrected chi connectivity index (χ1v) is 6.33. The quantitative estimate of drug-likeness (QED) is 0.617. The van der Waals surface area contributed by atoms with Gasteiger partial charge in [-0.3, -0.25) is 0 Å². The van der Waals surface area contributed by atoms with E-state index in [-0.39, 0.29) is 0 Å². The fraction of sp³-hybridized carbons (Fsp3) is 0.467. The van der Waals surface area contributed by atoms with Crippen LogP contribution in [-0.2, 0) is 12.8 Å². The zero-order valence-electron chi connectivity index (χ0n) is 10.3. The van der Waals surface area contributed by atoms with Crippen molar-refractivity contribution in [3.8, 4) is 12.3 Å². The number of benzene rings is 1. The molecular weight excluding hydrogens is 208 g/mol. The van der Waals surface area contributed by atoms with Crippen molar-refractivity contribution in [2.45, 2.75) is 12.8 Å². The second-order valence-corrected chi connectivity index (χ2v) is 4.49. The van der Waals surface area contributed by atoms with Crippen molar-refractivity contribution >= 4 is 0 Å². The molecule has 1 aliphatic heterocycles. The Labute approximate surface area is 104 Å². The van der Waals surface area contributed by atoms with E-state index in [4.69, 9.17) is 6.42 Å². The van der Waals surface area contributed by atoms with Crippen LogP contribution < -0.4 is 5.32 Å². The van der Waals surface area contributed by atoms with Crippen LogP contribution in [0.4, 0.5) is 0 Å². The van der Waals surface area contributed by atoms with E-state index >= 15 is 0 Å². The Morgan fingerprint density at radius 1 is 1.18 bits per heavy atom. The Kier molecular flexibility index (Phi) is 4.61. The van der Waals surface area contributed by atoms with Crippen molar-refractivity contribution in [2.75, 3.05) is 32.7 Å². The van der Waals surface area contributed by atoms with Gasteiger partial charge in [-0.2, -0.15) is 0 Å². The van der Waals surface area contributed by atoms with Crippen LogP contribution in [-0.4, -0.2) is 37.6 Å². The van der Waals surface area contributed by atoms with Gasteiger partial charge in [0.05, 0.1) is 6.54 Å². The number of hydrogen-bond acceptors (Lipinski definition) is 2. The molecule has 2 rings (SSSR count). The maximum Gasteiger partial charge on any atom is 0.0574 e. The molecule has 90 valence electrons. The molecule has 0 unspecified atom stereocenters. The molecule has 1 N–H and O–H groups in total. The Hall–Kier alpha value is -1.30. The summed E-state index contributed by atoms with van der Waals surface area (Å²) in [6, 6.07) is 8.80. The third-order valence-corrected chi connectivity index (χ3v) is 3.34. The standard InChI is InChI=1S/C15H20N2/c1-2-9-16-10-13-17-11-7-14-5-3-4-6-15(14)8-12-17/h1,3-6,16H,7-13H2. The van der Waals surface area contributed by atoms with E-state index in [1.54, 1.807) is 0 Å². The topological polar surface area (TPSA) is 15.3 Å². The molecule has 0 amide bonds. The predicted molar refractivity (Wildman–Crippen MR) is 72.0 cm³/mol. The highest BCUT2D eigenvalue weighted by Crippen LogP contribution is 2.14. The highest BCUT2D eigenvalue weighted by molar-refractivity contribution is 5.28. The molecule has 2 nitrogen and oxygen atoms in total. The van der Waals surface area contributed by atoms with Gasteiger partial charge in [0.25, 0.3) is 0 Å². The zero-order chi connectivity index (χ0) is 11.9. The molecule has 0 saturated heterocycles. The molecule has 0 fully saturated rings. The van der Waals surface area contributed by atoms with Crippen LogP contribution in [0.5, 0.6) is 0 Å². The fourth-order valence-electron chi connectivity index (χ4n) is 2.34. The molecule has 0 aromatic heterocycles. The van der Waals surface area contributed by atoms with Gasteiger partial charge >= 0.3 is 0 Å². The summed E-state index contributed by atoms with van der Waals surface area (Å²) < 4.78 is 0. The summed E-state index contributed by atoms with van der Waals surface area (Å²) in [6.45, 7) is 5.08. The van der Waals surface area contributed by atoms with E-state index < -0.39 is 0 Å². The van der Waals surface area contributed by atoms with Crippen LogP contribution in [0.2, 0.25) is 0 Å². The zero-order valence-corrected chi connectivity index (χ0v) is 10.3. The Balaban J connectivity index is 1.81. The molecule has 1 aromatic carbocycles. The summed E-state index contributed by atoms with van der Waals surface area (Å²) >= 11 is 0. The molecule has 0 bridgehead atoms. The molecule has 0 atom stereocenters. The van der Waals surface area contributed by atoms with Gasteiger partial charge in [-0.1, -0.05) is 30.2 Å². The van der Waals surface area contributed by atoms with E-state index in [0.29, 0.717) is 6.54 Å². The molecule has 17 heavy (non-hydrogen) atoms. The van der Waals surface area contributed by atoms with Gasteiger partial charge < -0.3 is 10.2 Å². The molecule has 0 saturated carbocycles. The minimum absolute atomic E-state index is 0.675. The number of rotatable bonds is 4. The molecule has 0 aliphatic carbocycles. The van der Waals surface area contributed by atoms with Crippen molar-refractivity contribution in [1.29, 1.82) is 0 Å². The van der Waals surface area contributed by atoms with E-state index in [1.165, 1.54) is 24.0 Å². The maximum absolute atomic E-state index is 5.20.